The fraction of sp³-hybridized carbons (Fsp3) is 0.182. The van der Waals surface area contributed by atoms with Gasteiger partial charge in [0.1, 0.15) is 23.9 Å². The second kappa shape index (κ2) is 7.60. The first-order chi connectivity index (χ1) is 13.6. The zero-order valence-corrected chi connectivity index (χ0v) is 15.6. The standard InChI is InChI=1S/C22H21N3O3/c1-27-19-6-2-15(3-7-19)22(26)25-10-11-28-20-8-4-16(12-18(20)14-25)17-5-9-21(23)24-13-17/h2-9,12-13H,10-11,14H2,1H3,(H2,23,24). The average Bonchev–Trinajstić information content (AvgIpc) is 2.95. The minimum absolute atomic E-state index is 0.0290. The van der Waals surface area contributed by atoms with Gasteiger partial charge in [0.05, 0.1) is 13.7 Å². The summed E-state index contributed by atoms with van der Waals surface area (Å²) in [5.41, 5.74) is 9.25. The highest BCUT2D eigenvalue weighted by atomic mass is 16.5. The van der Waals surface area contributed by atoms with Crippen LogP contribution in [-0.4, -0.2) is 36.1 Å². The van der Waals surface area contributed by atoms with Crippen LogP contribution in [0, 0.1) is 0 Å². The van der Waals surface area contributed by atoms with Crippen molar-refractivity contribution in [1.82, 2.24) is 9.88 Å². The van der Waals surface area contributed by atoms with Crippen molar-refractivity contribution in [2.75, 3.05) is 26.0 Å². The molecule has 2 heterocycles. The van der Waals surface area contributed by atoms with E-state index >= 15 is 0 Å². The lowest BCUT2D eigenvalue weighted by atomic mass is 10.0. The van der Waals surface area contributed by atoms with E-state index < -0.39 is 0 Å². The van der Waals surface area contributed by atoms with E-state index in [-0.39, 0.29) is 5.91 Å². The molecule has 1 aliphatic heterocycles. The Hall–Kier alpha value is -3.54. The minimum atomic E-state index is -0.0290. The highest BCUT2D eigenvalue weighted by Crippen LogP contribution is 2.30. The number of methoxy groups -OCH3 is 1. The Labute approximate surface area is 163 Å². The number of benzene rings is 2. The van der Waals surface area contributed by atoms with Crippen LogP contribution < -0.4 is 15.2 Å². The SMILES string of the molecule is COc1ccc(C(=O)N2CCOc3ccc(-c4ccc(N)nc4)cc3C2)cc1. The molecule has 4 rings (SSSR count). The van der Waals surface area contributed by atoms with Crippen LogP contribution in [-0.2, 0) is 6.54 Å². The topological polar surface area (TPSA) is 77.7 Å². The number of nitrogens with zero attached hydrogens (tertiary/aromatic N) is 2. The van der Waals surface area contributed by atoms with Gasteiger partial charge in [0.25, 0.3) is 5.91 Å². The van der Waals surface area contributed by atoms with Gasteiger partial charge < -0.3 is 20.1 Å². The van der Waals surface area contributed by atoms with Crippen molar-refractivity contribution in [2.45, 2.75) is 6.54 Å². The summed E-state index contributed by atoms with van der Waals surface area (Å²) in [6.07, 6.45) is 1.74. The van der Waals surface area contributed by atoms with Crippen LogP contribution in [0.3, 0.4) is 0 Å². The molecule has 0 fully saturated rings. The third kappa shape index (κ3) is 3.62. The molecular formula is C22H21N3O3. The number of rotatable bonds is 3. The number of fused-ring (bicyclic) bond motifs is 1. The number of anilines is 1. The number of carbonyl (C=O) groups excluding carboxylic acids is 1. The molecule has 0 spiro atoms. The maximum Gasteiger partial charge on any atom is 0.254 e. The number of pyridine rings is 1. The Kier molecular flexibility index (Phi) is 4.85. The Morgan fingerprint density at radius 3 is 2.61 bits per heavy atom. The van der Waals surface area contributed by atoms with E-state index in [4.69, 9.17) is 15.2 Å². The molecule has 0 aliphatic carbocycles. The van der Waals surface area contributed by atoms with Gasteiger partial charge in [-0.05, 0) is 54.1 Å². The van der Waals surface area contributed by atoms with Crippen molar-refractivity contribution in [1.29, 1.82) is 0 Å². The van der Waals surface area contributed by atoms with Gasteiger partial charge in [-0.15, -0.1) is 0 Å². The van der Waals surface area contributed by atoms with E-state index in [0.717, 1.165) is 28.2 Å². The van der Waals surface area contributed by atoms with Crippen molar-refractivity contribution in [3.05, 3.63) is 71.9 Å². The van der Waals surface area contributed by atoms with Gasteiger partial charge in [0.15, 0.2) is 0 Å². The summed E-state index contributed by atoms with van der Waals surface area (Å²) in [6, 6.07) is 16.8. The first-order valence-corrected chi connectivity index (χ1v) is 9.05. The summed E-state index contributed by atoms with van der Waals surface area (Å²) in [7, 11) is 1.61. The van der Waals surface area contributed by atoms with Crippen LogP contribution in [0.25, 0.3) is 11.1 Å². The molecule has 0 saturated carbocycles. The molecule has 3 aromatic rings. The van der Waals surface area contributed by atoms with Gasteiger partial charge in [-0.1, -0.05) is 6.07 Å². The molecule has 1 aromatic heterocycles. The number of hydrogen-bond donors (Lipinski definition) is 1. The van der Waals surface area contributed by atoms with Gasteiger partial charge in [-0.2, -0.15) is 0 Å². The summed E-state index contributed by atoms with van der Waals surface area (Å²) in [4.78, 5) is 18.9. The Morgan fingerprint density at radius 1 is 1.11 bits per heavy atom. The molecule has 0 atom stereocenters. The fourth-order valence-corrected chi connectivity index (χ4v) is 3.24. The largest absolute Gasteiger partial charge is 0.497 e. The molecular weight excluding hydrogens is 354 g/mol. The highest BCUT2D eigenvalue weighted by molar-refractivity contribution is 5.94. The Bertz CT molecular complexity index is 985. The van der Waals surface area contributed by atoms with E-state index in [9.17, 15) is 4.79 Å². The van der Waals surface area contributed by atoms with Crippen molar-refractivity contribution in [3.8, 4) is 22.6 Å². The lowest BCUT2D eigenvalue weighted by molar-refractivity contribution is 0.0733. The molecule has 1 amide bonds. The number of ether oxygens (including phenoxy) is 2. The molecule has 142 valence electrons. The van der Waals surface area contributed by atoms with Crippen LogP contribution in [0.2, 0.25) is 0 Å². The second-order valence-electron chi connectivity index (χ2n) is 6.60. The number of nitrogens with two attached hydrogens (primary N) is 1. The molecule has 2 aromatic carbocycles. The van der Waals surface area contributed by atoms with E-state index in [1.165, 1.54) is 0 Å². The van der Waals surface area contributed by atoms with Crippen LogP contribution in [0.1, 0.15) is 15.9 Å². The normalized spacial score (nSPS) is 13.2. The summed E-state index contributed by atoms with van der Waals surface area (Å²) < 4.78 is 11.0. The quantitative estimate of drug-likeness (QED) is 0.759. The van der Waals surface area contributed by atoms with Crippen LogP contribution in [0.4, 0.5) is 5.82 Å². The average molecular weight is 375 g/mol. The molecule has 2 N–H and O–H groups in total. The smallest absolute Gasteiger partial charge is 0.254 e. The summed E-state index contributed by atoms with van der Waals surface area (Å²) >= 11 is 0. The molecule has 1 aliphatic rings. The summed E-state index contributed by atoms with van der Waals surface area (Å²) in [5.74, 6) is 1.98. The molecule has 6 heteroatoms. The predicted octanol–water partition coefficient (Wildman–Crippen LogP) is 3.37. The first kappa shape index (κ1) is 17.9. The molecule has 0 saturated heterocycles. The van der Waals surface area contributed by atoms with Gasteiger partial charge in [0.2, 0.25) is 0 Å². The lowest BCUT2D eigenvalue weighted by Crippen LogP contribution is -2.32. The number of aromatic nitrogens is 1. The molecule has 0 unspecified atom stereocenters. The van der Waals surface area contributed by atoms with Crippen molar-refractivity contribution < 1.29 is 14.3 Å². The number of amides is 1. The fourth-order valence-electron chi connectivity index (χ4n) is 3.24. The molecule has 28 heavy (non-hydrogen) atoms. The van der Waals surface area contributed by atoms with Crippen molar-refractivity contribution in [3.63, 3.8) is 0 Å². The van der Waals surface area contributed by atoms with Crippen LogP contribution >= 0.6 is 0 Å². The maximum atomic E-state index is 13.0. The zero-order valence-electron chi connectivity index (χ0n) is 15.6. The van der Waals surface area contributed by atoms with Crippen LogP contribution in [0.15, 0.2) is 60.8 Å². The lowest BCUT2D eigenvalue weighted by Gasteiger charge is -2.20. The predicted molar refractivity (Wildman–Crippen MR) is 107 cm³/mol. The highest BCUT2D eigenvalue weighted by Gasteiger charge is 2.21. The number of carbonyl (C=O) groups is 1. The van der Waals surface area contributed by atoms with E-state index in [2.05, 4.69) is 4.98 Å². The maximum absolute atomic E-state index is 13.0. The van der Waals surface area contributed by atoms with E-state index in [0.29, 0.717) is 31.1 Å². The van der Waals surface area contributed by atoms with E-state index in [1.54, 1.807) is 48.5 Å². The second-order valence-corrected chi connectivity index (χ2v) is 6.60. The van der Waals surface area contributed by atoms with Crippen molar-refractivity contribution in [2.24, 2.45) is 0 Å². The van der Waals surface area contributed by atoms with Crippen LogP contribution in [0.5, 0.6) is 11.5 Å². The Morgan fingerprint density at radius 2 is 1.89 bits per heavy atom. The summed E-state index contributed by atoms with van der Waals surface area (Å²) in [6.45, 7) is 1.46. The summed E-state index contributed by atoms with van der Waals surface area (Å²) in [5, 5.41) is 0. The van der Waals surface area contributed by atoms with E-state index in [1.807, 2.05) is 24.3 Å². The minimum Gasteiger partial charge on any atom is -0.497 e. The number of nitrogen functional groups attached to an aromatic ring is 1. The van der Waals surface area contributed by atoms with Crippen molar-refractivity contribution >= 4 is 11.7 Å². The Balaban J connectivity index is 1.60. The molecule has 0 bridgehead atoms. The molecule has 6 nitrogen and oxygen atoms in total. The zero-order chi connectivity index (χ0) is 19.5. The van der Waals surface area contributed by atoms with Gasteiger partial charge in [0, 0.05) is 29.4 Å². The monoisotopic (exact) mass is 375 g/mol. The van der Waals surface area contributed by atoms with Gasteiger partial charge >= 0.3 is 0 Å². The van der Waals surface area contributed by atoms with Gasteiger partial charge in [-0.3, -0.25) is 4.79 Å². The number of hydrogen-bond acceptors (Lipinski definition) is 5. The third-order valence-corrected chi connectivity index (χ3v) is 4.78. The van der Waals surface area contributed by atoms with Gasteiger partial charge in [-0.25, -0.2) is 4.98 Å². The molecule has 0 radical (unpaired) electrons. The third-order valence-electron chi connectivity index (χ3n) is 4.78. The first-order valence-electron chi connectivity index (χ1n) is 9.05.